The van der Waals surface area contributed by atoms with Crippen molar-refractivity contribution in [3.63, 3.8) is 0 Å². The third kappa shape index (κ3) is 37.9. The minimum atomic E-state index is -1.06. The fourth-order valence-electron chi connectivity index (χ4n) is 13.1. The first-order chi connectivity index (χ1) is 52.0. The van der Waals surface area contributed by atoms with Gasteiger partial charge in [0.25, 0.3) is 0 Å². The number of rotatable bonds is 52. The van der Waals surface area contributed by atoms with Gasteiger partial charge in [-0.25, -0.2) is 0 Å². The van der Waals surface area contributed by atoms with Gasteiger partial charge in [0.1, 0.15) is 75.1 Å². The molecule has 0 spiro atoms. The fraction of sp³-hybridized carbons (Fsp3) is 0.772. The lowest BCUT2D eigenvalue weighted by atomic mass is 9.84. The zero-order chi connectivity index (χ0) is 80.2. The molecule has 1 aromatic carbocycles. The molecule has 4 rings (SSSR count). The average Bonchev–Trinajstić information content (AvgIpc) is 0.818. The van der Waals surface area contributed by atoms with Crippen LogP contribution >= 0.6 is 0 Å². The van der Waals surface area contributed by atoms with E-state index in [1.807, 2.05) is 71.9 Å². The second-order valence-corrected chi connectivity index (χ2v) is 29.1. The molecule has 618 valence electrons. The highest BCUT2D eigenvalue weighted by molar-refractivity contribution is 5.92. The summed E-state index contributed by atoms with van der Waals surface area (Å²) in [5.41, 5.74) is 0.880. The van der Waals surface area contributed by atoms with Gasteiger partial charge in [0.2, 0.25) is 29.5 Å². The van der Waals surface area contributed by atoms with Gasteiger partial charge in [0.05, 0.1) is 0 Å². The number of benzene rings is 1. The van der Waals surface area contributed by atoms with Crippen molar-refractivity contribution in [2.75, 3.05) is 59.3 Å². The van der Waals surface area contributed by atoms with Crippen LogP contribution in [0.15, 0.2) is 30.3 Å². The van der Waals surface area contributed by atoms with Gasteiger partial charge in [-0.15, -0.1) is 0 Å². The molecule has 5 N–H and O–H groups in total. The van der Waals surface area contributed by atoms with Gasteiger partial charge >= 0.3 is 41.8 Å². The molecule has 109 heavy (non-hydrogen) atoms. The topological polar surface area (TPSA) is 385 Å². The van der Waals surface area contributed by atoms with Crippen LogP contribution in [0.3, 0.4) is 0 Å². The predicted molar refractivity (Wildman–Crippen MR) is 396 cm³/mol. The Labute approximate surface area is 643 Å². The van der Waals surface area contributed by atoms with Crippen LogP contribution in [0.4, 0.5) is 0 Å². The maximum absolute atomic E-state index is 14.5. The SMILES string of the molecule is CC(=O)OCC1OC(OCCCCCC(=O)NCCCCC(NC(=O)CCCCCOC2OC(COC(C)=O)C(OC(C)=O)C(C)C2C)C(=O)NC(CCCCNC(=O)CCCCCOC2OC(COC(C)=O)C(OC(C)=O)C(C)C2C)C(=O)NCCCCCC(=O)OCc2ccccc2)C(C)C(C)C1OC(C)=O. The van der Waals surface area contributed by atoms with Crippen molar-refractivity contribution in [3.05, 3.63) is 35.9 Å². The summed E-state index contributed by atoms with van der Waals surface area (Å²) in [4.78, 5) is 152. The summed E-state index contributed by atoms with van der Waals surface area (Å²) in [6.45, 7) is 21.1. The molecule has 3 aliphatic rings. The Balaban J connectivity index is 1.34. The number of nitrogens with one attached hydrogen (secondary N) is 5. The largest absolute Gasteiger partial charge is 0.463 e. The summed E-state index contributed by atoms with van der Waals surface area (Å²) >= 11 is 0. The normalized spacial score (nSPS) is 24.3. The Kier molecular flexibility index (Phi) is 45.5. The lowest BCUT2D eigenvalue weighted by Gasteiger charge is -2.43. The van der Waals surface area contributed by atoms with Crippen LogP contribution < -0.4 is 26.6 Å². The van der Waals surface area contributed by atoms with Crippen molar-refractivity contribution in [3.8, 4) is 0 Å². The highest BCUT2D eigenvalue weighted by Gasteiger charge is 2.47. The van der Waals surface area contributed by atoms with Crippen LogP contribution in [-0.4, -0.2) is 198 Å². The van der Waals surface area contributed by atoms with Crippen LogP contribution in [0.25, 0.3) is 0 Å². The van der Waals surface area contributed by atoms with Crippen LogP contribution in [0.1, 0.15) is 230 Å². The number of hydrogen-bond donors (Lipinski definition) is 5. The molecule has 0 bridgehead atoms. The number of hydrogen-bond acceptors (Lipinski definition) is 25. The van der Waals surface area contributed by atoms with Crippen LogP contribution in [0.2, 0.25) is 0 Å². The summed E-state index contributed by atoms with van der Waals surface area (Å²) in [5, 5.41) is 14.7. The average molecular weight is 1550 g/mol. The molecular weight excluding hydrogens is 1420 g/mol. The van der Waals surface area contributed by atoms with E-state index in [4.69, 9.17) is 61.6 Å². The van der Waals surface area contributed by atoms with Gasteiger partial charge in [0.15, 0.2) is 18.9 Å². The van der Waals surface area contributed by atoms with E-state index in [0.717, 1.165) is 5.56 Å². The van der Waals surface area contributed by atoms with Gasteiger partial charge < -0.3 is 88.2 Å². The number of carbonyl (C=O) groups excluding carboxylic acids is 12. The molecule has 0 saturated carbocycles. The molecule has 3 heterocycles. The van der Waals surface area contributed by atoms with E-state index in [9.17, 15) is 57.5 Å². The molecule has 0 aliphatic carbocycles. The molecule has 30 nitrogen and oxygen atoms in total. The number of esters is 7. The molecule has 17 atom stereocenters. The lowest BCUT2D eigenvalue weighted by molar-refractivity contribution is -0.273. The van der Waals surface area contributed by atoms with E-state index in [1.165, 1.54) is 41.5 Å². The monoisotopic (exact) mass is 1550 g/mol. The molecule has 3 saturated heterocycles. The molecule has 5 amide bonds. The van der Waals surface area contributed by atoms with Crippen molar-refractivity contribution in [2.24, 2.45) is 35.5 Å². The Hall–Kier alpha value is -7.38. The molecule has 1 aromatic rings. The predicted octanol–water partition coefficient (Wildman–Crippen LogP) is 8.16. The first kappa shape index (κ1) is 94.0. The van der Waals surface area contributed by atoms with E-state index in [0.29, 0.717) is 129 Å². The van der Waals surface area contributed by atoms with Crippen molar-refractivity contribution < 1.29 is 119 Å². The Morgan fingerprint density at radius 1 is 0.358 bits per heavy atom. The van der Waals surface area contributed by atoms with Crippen molar-refractivity contribution in [1.29, 1.82) is 0 Å². The number of carbonyl (C=O) groups is 12. The van der Waals surface area contributed by atoms with E-state index in [1.54, 1.807) is 0 Å². The molecule has 0 radical (unpaired) electrons. The number of ether oxygens (including phenoxy) is 13. The second kappa shape index (κ2) is 52.7. The highest BCUT2D eigenvalue weighted by Crippen LogP contribution is 2.37. The summed E-state index contributed by atoms with van der Waals surface area (Å²) in [5.74, 6) is -5.86. The van der Waals surface area contributed by atoms with Crippen molar-refractivity contribution in [1.82, 2.24) is 26.6 Å². The smallest absolute Gasteiger partial charge is 0.306 e. The molecule has 0 aromatic heterocycles. The summed E-state index contributed by atoms with van der Waals surface area (Å²) in [6.07, 6.45) is 4.14. The van der Waals surface area contributed by atoms with Crippen molar-refractivity contribution >= 4 is 71.3 Å². The standard InChI is InChI=1S/C79H127N5O25/c1-50-53(4)77(107-65(47-100-56(7)85)72(50)104-59(10)88)97-43-29-15-20-36-68(91)80-40-27-24-34-63(75(95)82-42-26-14-23-39-71(94)103-46-62-32-18-13-19-33-62)84-76(96)64(83-70(93)38-22-17-31-45-99-79-55(6)52(3)74(106-61(12)90)67(109-79)49-102-58(9)87)35-25-28-41-81-69(92)37-21-16-30-44-98-78-54(5)51(2)73(105-60(11)89)66(108-78)48-101-57(8)86/h13,18-19,32-33,50-55,63-67,72-74,77-79H,14-17,20-31,34-49H2,1-12H3,(H,80,91)(H,81,92)(H,82,95)(H,83,93)(H,84,96). The maximum atomic E-state index is 14.5. The summed E-state index contributed by atoms with van der Waals surface area (Å²) in [7, 11) is 0. The van der Waals surface area contributed by atoms with Gasteiger partial charge in [-0.2, -0.15) is 0 Å². The lowest BCUT2D eigenvalue weighted by Crippen LogP contribution is -2.53. The first-order valence-electron chi connectivity index (χ1n) is 39.4. The van der Waals surface area contributed by atoms with Crippen LogP contribution in [0.5, 0.6) is 0 Å². The zero-order valence-electron chi connectivity index (χ0n) is 66.5. The molecule has 17 unspecified atom stereocenters. The Bertz CT molecular complexity index is 2940. The zero-order valence-corrected chi connectivity index (χ0v) is 66.5. The van der Waals surface area contributed by atoms with Crippen LogP contribution in [-0.2, 0) is 126 Å². The first-order valence-corrected chi connectivity index (χ1v) is 39.4. The van der Waals surface area contributed by atoms with E-state index >= 15 is 0 Å². The fourth-order valence-corrected chi connectivity index (χ4v) is 13.1. The molecular formula is C79H127N5O25. The van der Waals surface area contributed by atoms with E-state index in [2.05, 4.69) is 26.6 Å². The highest BCUT2D eigenvalue weighted by atomic mass is 16.7. The Morgan fingerprint density at radius 2 is 0.706 bits per heavy atom. The molecule has 3 fully saturated rings. The number of amides is 5. The number of unbranched alkanes of at least 4 members (excludes halogenated alkanes) is 10. The molecule has 30 heteroatoms. The van der Waals surface area contributed by atoms with Gasteiger partial charge in [-0.05, 0) is 95.5 Å². The summed E-state index contributed by atoms with van der Waals surface area (Å²) in [6, 6.07) is 7.29. The third-order valence-electron chi connectivity index (χ3n) is 20.0. The minimum Gasteiger partial charge on any atom is -0.463 e. The van der Waals surface area contributed by atoms with E-state index in [-0.39, 0.29) is 137 Å². The molecule has 3 aliphatic heterocycles. The Morgan fingerprint density at radius 3 is 1.09 bits per heavy atom. The summed E-state index contributed by atoms with van der Waals surface area (Å²) < 4.78 is 74.5. The van der Waals surface area contributed by atoms with Gasteiger partial charge in [0, 0.05) is 142 Å². The minimum absolute atomic E-state index is 0.0728. The van der Waals surface area contributed by atoms with E-state index < -0.39 is 115 Å². The second-order valence-electron chi connectivity index (χ2n) is 29.1. The van der Waals surface area contributed by atoms with Gasteiger partial charge in [-0.3, -0.25) is 57.5 Å². The van der Waals surface area contributed by atoms with Crippen LogP contribution in [0, 0.1) is 35.5 Å². The van der Waals surface area contributed by atoms with Gasteiger partial charge in [-0.1, -0.05) is 97.6 Å². The maximum Gasteiger partial charge on any atom is 0.306 e. The quantitative estimate of drug-likeness (QED) is 0.0233. The third-order valence-corrected chi connectivity index (χ3v) is 20.0. The van der Waals surface area contributed by atoms with Crippen molar-refractivity contribution in [2.45, 2.75) is 299 Å².